The molecule has 1 aromatic rings. The Morgan fingerprint density at radius 2 is 1.81 bits per heavy atom. The number of nitrogens with zero attached hydrogens (tertiary/aromatic N) is 1. The number of primary sulfonamides is 1. The van der Waals surface area contributed by atoms with Crippen LogP contribution in [0.25, 0.3) is 0 Å². The van der Waals surface area contributed by atoms with E-state index in [9.17, 15) is 13.2 Å². The van der Waals surface area contributed by atoms with Crippen LogP contribution in [0.4, 0.5) is 0 Å². The molecule has 0 atom stereocenters. The molecular weight excluding hydrogens is 292 g/mol. The van der Waals surface area contributed by atoms with Gasteiger partial charge in [0.15, 0.2) is 0 Å². The number of nitrogens with two attached hydrogens (primary N) is 1. The first-order valence-electron chi connectivity index (χ1n) is 6.85. The Balaban J connectivity index is 3.27. The van der Waals surface area contributed by atoms with Crippen LogP contribution in [-0.2, 0) is 10.0 Å². The molecule has 1 amide bonds. The molecule has 0 aliphatic rings. The Kier molecular flexibility index (Phi) is 6.17. The van der Waals surface area contributed by atoms with Gasteiger partial charge in [0.2, 0.25) is 10.0 Å². The monoisotopic (exact) mass is 314 g/mol. The van der Waals surface area contributed by atoms with E-state index in [4.69, 9.17) is 9.88 Å². The zero-order valence-corrected chi connectivity index (χ0v) is 13.4. The minimum atomic E-state index is -3.86. The van der Waals surface area contributed by atoms with Crippen LogP contribution in [0.5, 0.6) is 5.75 Å². The van der Waals surface area contributed by atoms with Gasteiger partial charge in [-0.3, -0.25) is 4.79 Å². The number of sulfonamides is 1. The fourth-order valence-electron chi connectivity index (χ4n) is 2.06. The summed E-state index contributed by atoms with van der Waals surface area (Å²) in [5, 5.41) is 5.12. The van der Waals surface area contributed by atoms with E-state index in [0.29, 0.717) is 18.8 Å². The summed E-state index contributed by atoms with van der Waals surface area (Å²) < 4.78 is 28.0. The van der Waals surface area contributed by atoms with Crippen LogP contribution in [0.15, 0.2) is 23.1 Å². The lowest BCUT2D eigenvalue weighted by atomic mass is 10.1. The Bertz CT molecular complexity index is 593. The number of ether oxygens (including phenoxy) is 1. The molecule has 0 radical (unpaired) electrons. The molecule has 2 N–H and O–H groups in total. The van der Waals surface area contributed by atoms with Gasteiger partial charge in [-0.2, -0.15) is 0 Å². The number of hydrogen-bond donors (Lipinski definition) is 1. The van der Waals surface area contributed by atoms with Crippen LogP contribution in [0.3, 0.4) is 0 Å². The Labute approximate surface area is 125 Å². The van der Waals surface area contributed by atoms with Gasteiger partial charge in [0.25, 0.3) is 5.91 Å². The Morgan fingerprint density at radius 1 is 1.24 bits per heavy atom. The van der Waals surface area contributed by atoms with Crippen molar-refractivity contribution in [2.24, 2.45) is 5.14 Å². The molecule has 21 heavy (non-hydrogen) atoms. The molecule has 1 rings (SSSR count). The van der Waals surface area contributed by atoms with Crippen molar-refractivity contribution >= 4 is 15.9 Å². The number of benzene rings is 1. The second-order valence-electron chi connectivity index (χ2n) is 4.70. The van der Waals surface area contributed by atoms with E-state index < -0.39 is 10.0 Å². The normalized spacial score (nSPS) is 11.2. The highest BCUT2D eigenvalue weighted by molar-refractivity contribution is 7.89. The predicted molar refractivity (Wildman–Crippen MR) is 80.9 cm³/mol. The summed E-state index contributed by atoms with van der Waals surface area (Å²) >= 11 is 0. The smallest absolute Gasteiger partial charge is 0.257 e. The molecule has 0 bridgehead atoms. The summed E-state index contributed by atoms with van der Waals surface area (Å²) in [5.74, 6) is 0.0886. The standard InChI is InChI=1S/C14H22N2O4S/c1-4-8-16(9-5-2)14(17)12-10-11(21(15,18)19)6-7-13(12)20-3/h6-7,10H,4-5,8-9H2,1-3H3,(H2,15,18,19). The summed E-state index contributed by atoms with van der Waals surface area (Å²) in [6.07, 6.45) is 1.64. The maximum absolute atomic E-state index is 12.6. The van der Waals surface area contributed by atoms with Crippen LogP contribution in [0, 0.1) is 0 Å². The average Bonchev–Trinajstić information content (AvgIpc) is 2.44. The van der Waals surface area contributed by atoms with Crippen LogP contribution >= 0.6 is 0 Å². The van der Waals surface area contributed by atoms with E-state index >= 15 is 0 Å². The minimum Gasteiger partial charge on any atom is -0.496 e. The van der Waals surface area contributed by atoms with Crippen molar-refractivity contribution in [3.63, 3.8) is 0 Å². The minimum absolute atomic E-state index is 0.0976. The number of methoxy groups -OCH3 is 1. The Hall–Kier alpha value is -1.60. The fraction of sp³-hybridized carbons (Fsp3) is 0.500. The molecule has 0 aliphatic carbocycles. The largest absolute Gasteiger partial charge is 0.496 e. The van der Waals surface area contributed by atoms with Gasteiger partial charge in [-0.05, 0) is 31.0 Å². The first-order chi connectivity index (χ1) is 9.85. The molecular formula is C14H22N2O4S. The highest BCUT2D eigenvalue weighted by atomic mass is 32.2. The van der Waals surface area contributed by atoms with Crippen molar-refractivity contribution < 1.29 is 17.9 Å². The topological polar surface area (TPSA) is 89.7 Å². The molecule has 0 unspecified atom stereocenters. The molecule has 118 valence electrons. The third-order valence-corrected chi connectivity index (χ3v) is 3.92. The summed E-state index contributed by atoms with van der Waals surface area (Å²) in [7, 11) is -2.42. The molecule has 0 saturated carbocycles. The number of carbonyl (C=O) groups excluding carboxylic acids is 1. The van der Waals surface area contributed by atoms with Crippen LogP contribution in [0.2, 0.25) is 0 Å². The van der Waals surface area contributed by atoms with E-state index in [-0.39, 0.29) is 16.4 Å². The third-order valence-electron chi connectivity index (χ3n) is 3.00. The third kappa shape index (κ3) is 4.44. The van der Waals surface area contributed by atoms with Gasteiger partial charge in [0, 0.05) is 13.1 Å². The van der Waals surface area contributed by atoms with Gasteiger partial charge in [0.1, 0.15) is 5.75 Å². The van der Waals surface area contributed by atoms with Gasteiger partial charge < -0.3 is 9.64 Å². The fourth-order valence-corrected chi connectivity index (χ4v) is 2.60. The van der Waals surface area contributed by atoms with Gasteiger partial charge >= 0.3 is 0 Å². The molecule has 0 saturated heterocycles. The van der Waals surface area contributed by atoms with E-state index in [1.807, 2.05) is 13.8 Å². The zero-order valence-electron chi connectivity index (χ0n) is 12.6. The van der Waals surface area contributed by atoms with Gasteiger partial charge in [0.05, 0.1) is 17.6 Å². The van der Waals surface area contributed by atoms with Gasteiger partial charge in [-0.15, -0.1) is 0 Å². The molecule has 7 heteroatoms. The molecule has 0 heterocycles. The lowest BCUT2D eigenvalue weighted by Gasteiger charge is -2.22. The van der Waals surface area contributed by atoms with E-state index in [1.165, 1.54) is 25.3 Å². The molecule has 0 aromatic heterocycles. The summed E-state index contributed by atoms with van der Waals surface area (Å²) in [6.45, 7) is 5.17. The quantitative estimate of drug-likeness (QED) is 0.828. The SMILES string of the molecule is CCCN(CCC)C(=O)c1cc(S(N)(=O)=O)ccc1OC. The first kappa shape index (κ1) is 17.5. The summed E-state index contributed by atoms with van der Waals surface area (Å²) in [5.41, 5.74) is 0.214. The maximum Gasteiger partial charge on any atom is 0.257 e. The van der Waals surface area contributed by atoms with Crippen molar-refractivity contribution in [3.8, 4) is 5.75 Å². The number of rotatable bonds is 7. The predicted octanol–water partition coefficient (Wildman–Crippen LogP) is 1.60. The number of carbonyl (C=O) groups is 1. The lowest BCUT2D eigenvalue weighted by Crippen LogP contribution is -2.33. The van der Waals surface area contributed by atoms with Crippen molar-refractivity contribution in [1.82, 2.24) is 4.90 Å². The van der Waals surface area contributed by atoms with E-state index in [2.05, 4.69) is 0 Å². The lowest BCUT2D eigenvalue weighted by molar-refractivity contribution is 0.0752. The number of hydrogen-bond acceptors (Lipinski definition) is 4. The molecule has 0 spiro atoms. The highest BCUT2D eigenvalue weighted by Gasteiger charge is 2.21. The van der Waals surface area contributed by atoms with E-state index in [0.717, 1.165) is 12.8 Å². The number of amides is 1. The van der Waals surface area contributed by atoms with Crippen LogP contribution in [-0.4, -0.2) is 39.4 Å². The Morgan fingerprint density at radius 3 is 2.24 bits per heavy atom. The molecule has 1 aromatic carbocycles. The first-order valence-corrected chi connectivity index (χ1v) is 8.39. The van der Waals surface area contributed by atoms with Crippen LogP contribution < -0.4 is 9.88 Å². The summed E-state index contributed by atoms with van der Waals surface area (Å²) in [6, 6.07) is 4.05. The second kappa shape index (κ2) is 7.42. The van der Waals surface area contributed by atoms with E-state index in [1.54, 1.807) is 4.90 Å². The van der Waals surface area contributed by atoms with Crippen molar-refractivity contribution in [2.75, 3.05) is 20.2 Å². The maximum atomic E-state index is 12.6. The molecule has 0 fully saturated rings. The summed E-state index contributed by atoms with van der Waals surface area (Å²) in [4.78, 5) is 14.2. The van der Waals surface area contributed by atoms with Gasteiger partial charge in [-0.25, -0.2) is 13.6 Å². The van der Waals surface area contributed by atoms with Crippen LogP contribution in [0.1, 0.15) is 37.0 Å². The van der Waals surface area contributed by atoms with Crippen molar-refractivity contribution in [3.05, 3.63) is 23.8 Å². The zero-order chi connectivity index (χ0) is 16.0. The van der Waals surface area contributed by atoms with Gasteiger partial charge in [-0.1, -0.05) is 13.8 Å². The highest BCUT2D eigenvalue weighted by Crippen LogP contribution is 2.23. The molecule has 0 aliphatic heterocycles. The average molecular weight is 314 g/mol. The van der Waals surface area contributed by atoms with Crippen molar-refractivity contribution in [1.29, 1.82) is 0 Å². The molecule has 6 nitrogen and oxygen atoms in total. The second-order valence-corrected chi connectivity index (χ2v) is 6.26. The van der Waals surface area contributed by atoms with Crippen molar-refractivity contribution in [2.45, 2.75) is 31.6 Å².